The van der Waals surface area contributed by atoms with Crippen LogP contribution in [0.3, 0.4) is 0 Å². The molecule has 1 aromatic heterocycles. The van der Waals surface area contributed by atoms with E-state index in [1.54, 1.807) is 11.3 Å². The van der Waals surface area contributed by atoms with Gasteiger partial charge in [-0.15, -0.1) is 11.3 Å². The molecule has 1 aliphatic rings. The van der Waals surface area contributed by atoms with Crippen LogP contribution in [0.2, 0.25) is 0 Å². The minimum absolute atomic E-state index is 1.01. The normalized spacial score (nSPS) is 17.9. The van der Waals surface area contributed by atoms with Crippen molar-refractivity contribution < 1.29 is 0 Å². The third-order valence-electron chi connectivity index (χ3n) is 3.68. The van der Waals surface area contributed by atoms with Gasteiger partial charge in [0, 0.05) is 45.0 Å². The standard InChI is InChI=1S/C14H20N4S/c1-17-6-8-18(9-7-17)5-4-15-12-2-3-13-14(10-12)19-11-16-13/h2-3,10-11,15H,4-9H2,1H3. The van der Waals surface area contributed by atoms with Crippen molar-refractivity contribution in [1.82, 2.24) is 14.8 Å². The molecule has 0 amide bonds. The lowest BCUT2D eigenvalue weighted by molar-refractivity contribution is 0.158. The highest BCUT2D eigenvalue weighted by atomic mass is 32.1. The van der Waals surface area contributed by atoms with Crippen molar-refractivity contribution in [2.75, 3.05) is 51.6 Å². The van der Waals surface area contributed by atoms with E-state index in [9.17, 15) is 0 Å². The van der Waals surface area contributed by atoms with Crippen LogP contribution in [0.25, 0.3) is 10.2 Å². The highest BCUT2D eigenvalue weighted by Gasteiger charge is 2.12. The molecule has 2 aromatic rings. The monoisotopic (exact) mass is 276 g/mol. The van der Waals surface area contributed by atoms with E-state index in [2.05, 4.69) is 45.3 Å². The molecule has 1 N–H and O–H groups in total. The van der Waals surface area contributed by atoms with E-state index in [1.807, 2.05) is 5.51 Å². The minimum atomic E-state index is 1.01. The first-order chi connectivity index (χ1) is 9.31. The summed E-state index contributed by atoms with van der Waals surface area (Å²) < 4.78 is 1.25. The number of rotatable bonds is 4. The Morgan fingerprint density at radius 2 is 2.11 bits per heavy atom. The number of benzene rings is 1. The molecule has 0 spiro atoms. The van der Waals surface area contributed by atoms with Crippen LogP contribution < -0.4 is 5.32 Å². The molecule has 0 atom stereocenters. The lowest BCUT2D eigenvalue weighted by atomic mass is 10.3. The third-order valence-corrected chi connectivity index (χ3v) is 4.48. The molecule has 0 unspecified atom stereocenters. The zero-order valence-electron chi connectivity index (χ0n) is 11.3. The maximum Gasteiger partial charge on any atom is 0.0813 e. The van der Waals surface area contributed by atoms with Crippen LogP contribution in [-0.2, 0) is 0 Å². The average Bonchev–Trinajstić information content (AvgIpc) is 2.88. The summed E-state index contributed by atoms with van der Waals surface area (Å²) >= 11 is 1.70. The Kier molecular flexibility index (Phi) is 3.96. The van der Waals surface area contributed by atoms with Gasteiger partial charge in [0.2, 0.25) is 0 Å². The number of hydrogen-bond donors (Lipinski definition) is 1. The first-order valence-electron chi connectivity index (χ1n) is 6.79. The Hall–Kier alpha value is -1.17. The molecule has 0 bridgehead atoms. The van der Waals surface area contributed by atoms with Gasteiger partial charge >= 0.3 is 0 Å². The van der Waals surface area contributed by atoms with E-state index in [4.69, 9.17) is 0 Å². The summed E-state index contributed by atoms with van der Waals surface area (Å²) in [4.78, 5) is 9.22. The van der Waals surface area contributed by atoms with E-state index in [0.717, 1.165) is 18.6 Å². The lowest BCUT2D eigenvalue weighted by Crippen LogP contribution is -2.45. The molecule has 1 aliphatic heterocycles. The summed E-state index contributed by atoms with van der Waals surface area (Å²) in [5.74, 6) is 0. The highest BCUT2D eigenvalue weighted by molar-refractivity contribution is 7.16. The number of hydrogen-bond acceptors (Lipinski definition) is 5. The molecule has 3 rings (SSSR count). The van der Waals surface area contributed by atoms with Crippen LogP contribution in [-0.4, -0.2) is 61.1 Å². The number of piperazine rings is 1. The molecule has 1 aromatic carbocycles. The Morgan fingerprint density at radius 3 is 2.95 bits per heavy atom. The molecular weight excluding hydrogens is 256 g/mol. The summed E-state index contributed by atoms with van der Waals surface area (Å²) in [5.41, 5.74) is 4.19. The number of fused-ring (bicyclic) bond motifs is 1. The van der Waals surface area contributed by atoms with Gasteiger partial charge < -0.3 is 10.2 Å². The van der Waals surface area contributed by atoms with Crippen molar-refractivity contribution in [2.24, 2.45) is 0 Å². The molecule has 4 nitrogen and oxygen atoms in total. The molecular formula is C14H20N4S. The second-order valence-corrected chi connectivity index (χ2v) is 5.99. The summed E-state index contributed by atoms with van der Waals surface area (Å²) in [5, 5.41) is 3.51. The fraction of sp³-hybridized carbons (Fsp3) is 0.500. The van der Waals surface area contributed by atoms with Crippen LogP contribution in [0.15, 0.2) is 23.7 Å². The Morgan fingerprint density at radius 1 is 1.26 bits per heavy atom. The Labute approximate surface area is 118 Å². The highest BCUT2D eigenvalue weighted by Crippen LogP contribution is 2.21. The number of anilines is 1. The van der Waals surface area contributed by atoms with Crippen molar-refractivity contribution in [3.05, 3.63) is 23.7 Å². The molecule has 1 fully saturated rings. The third kappa shape index (κ3) is 3.23. The van der Waals surface area contributed by atoms with Gasteiger partial charge in [-0.25, -0.2) is 4.98 Å². The minimum Gasteiger partial charge on any atom is -0.384 e. The van der Waals surface area contributed by atoms with Gasteiger partial charge in [-0.3, -0.25) is 4.90 Å². The summed E-state index contributed by atoms with van der Waals surface area (Å²) in [7, 11) is 2.19. The molecule has 2 heterocycles. The van der Waals surface area contributed by atoms with Gasteiger partial charge in [0.15, 0.2) is 0 Å². The van der Waals surface area contributed by atoms with Crippen LogP contribution in [0, 0.1) is 0 Å². The van der Waals surface area contributed by atoms with Gasteiger partial charge in [0.25, 0.3) is 0 Å². The van der Waals surface area contributed by atoms with Crippen LogP contribution in [0.4, 0.5) is 5.69 Å². The SMILES string of the molecule is CN1CCN(CCNc2ccc3ncsc3c2)CC1. The van der Waals surface area contributed by atoms with Crippen molar-refractivity contribution in [3.63, 3.8) is 0 Å². The van der Waals surface area contributed by atoms with E-state index in [-0.39, 0.29) is 0 Å². The maximum absolute atomic E-state index is 4.30. The van der Waals surface area contributed by atoms with Gasteiger partial charge in [0.05, 0.1) is 15.7 Å². The van der Waals surface area contributed by atoms with Crippen LogP contribution in [0.5, 0.6) is 0 Å². The lowest BCUT2D eigenvalue weighted by Gasteiger charge is -2.32. The molecule has 5 heteroatoms. The fourth-order valence-corrected chi connectivity index (χ4v) is 3.11. The van der Waals surface area contributed by atoms with Crippen LogP contribution in [0.1, 0.15) is 0 Å². The molecule has 102 valence electrons. The second-order valence-electron chi connectivity index (χ2n) is 5.11. The quantitative estimate of drug-likeness (QED) is 0.925. The zero-order chi connectivity index (χ0) is 13.1. The maximum atomic E-state index is 4.30. The van der Waals surface area contributed by atoms with E-state index >= 15 is 0 Å². The zero-order valence-corrected chi connectivity index (χ0v) is 12.1. The van der Waals surface area contributed by atoms with E-state index < -0.39 is 0 Å². The smallest absolute Gasteiger partial charge is 0.0813 e. The number of nitrogens with zero attached hydrogens (tertiary/aromatic N) is 3. The fourth-order valence-electron chi connectivity index (χ4n) is 2.39. The molecule has 0 aliphatic carbocycles. The Bertz CT molecular complexity index is 531. The largest absolute Gasteiger partial charge is 0.384 e. The van der Waals surface area contributed by atoms with Gasteiger partial charge in [-0.1, -0.05) is 0 Å². The number of nitrogens with one attached hydrogen (secondary N) is 1. The topological polar surface area (TPSA) is 31.4 Å². The molecule has 0 radical (unpaired) electrons. The van der Waals surface area contributed by atoms with E-state index in [0.29, 0.717) is 0 Å². The average molecular weight is 276 g/mol. The molecule has 0 saturated carbocycles. The van der Waals surface area contributed by atoms with Crippen LogP contribution >= 0.6 is 11.3 Å². The van der Waals surface area contributed by atoms with Gasteiger partial charge in [-0.2, -0.15) is 0 Å². The first-order valence-corrected chi connectivity index (χ1v) is 7.67. The summed E-state index contributed by atoms with van der Waals surface area (Å²) in [6, 6.07) is 6.40. The molecule has 1 saturated heterocycles. The number of thiazole rings is 1. The molecule has 19 heavy (non-hydrogen) atoms. The second kappa shape index (κ2) is 5.86. The summed E-state index contributed by atoms with van der Waals surface area (Å²) in [6.45, 7) is 6.88. The van der Waals surface area contributed by atoms with E-state index in [1.165, 1.54) is 36.6 Å². The Balaban J connectivity index is 1.49. The number of aromatic nitrogens is 1. The first kappa shape index (κ1) is 12.8. The predicted molar refractivity (Wildman–Crippen MR) is 82.0 cm³/mol. The van der Waals surface area contributed by atoms with Crippen molar-refractivity contribution in [2.45, 2.75) is 0 Å². The predicted octanol–water partition coefficient (Wildman–Crippen LogP) is 1.96. The van der Waals surface area contributed by atoms with Crippen molar-refractivity contribution in [3.8, 4) is 0 Å². The van der Waals surface area contributed by atoms with Crippen molar-refractivity contribution >= 4 is 27.2 Å². The van der Waals surface area contributed by atoms with Gasteiger partial charge in [0.1, 0.15) is 0 Å². The van der Waals surface area contributed by atoms with Gasteiger partial charge in [-0.05, 0) is 25.2 Å². The summed E-state index contributed by atoms with van der Waals surface area (Å²) in [6.07, 6.45) is 0. The van der Waals surface area contributed by atoms with Crippen molar-refractivity contribution in [1.29, 1.82) is 0 Å². The number of likely N-dealkylation sites (N-methyl/N-ethyl adjacent to an activating group) is 1.